The van der Waals surface area contributed by atoms with E-state index in [-0.39, 0.29) is 0 Å². The van der Waals surface area contributed by atoms with Crippen LogP contribution in [-0.2, 0) is 0 Å². The predicted octanol–water partition coefficient (Wildman–Crippen LogP) is 28.6. The Bertz CT molecular complexity index is 6490. The van der Waals surface area contributed by atoms with E-state index < -0.39 is 0 Å². The lowest BCUT2D eigenvalue weighted by molar-refractivity contribution is 1.30. The normalized spacial score (nSPS) is 11.6. The molecule has 0 saturated heterocycles. The zero-order valence-electron chi connectivity index (χ0n) is 54.5. The van der Waals surface area contributed by atoms with Crippen molar-refractivity contribution in [1.29, 1.82) is 0 Å². The van der Waals surface area contributed by atoms with Crippen LogP contribution >= 0.6 is 22.7 Å². The van der Waals surface area contributed by atoms with Crippen molar-refractivity contribution >= 4 is 162 Å². The van der Waals surface area contributed by atoms with Crippen LogP contribution in [0.5, 0.6) is 0 Å². The molecule has 0 aliphatic rings. The van der Waals surface area contributed by atoms with E-state index in [0.29, 0.717) is 0 Å². The van der Waals surface area contributed by atoms with Crippen LogP contribution in [0.25, 0.3) is 149 Å². The molecule has 468 valence electrons. The van der Waals surface area contributed by atoms with Gasteiger partial charge in [-0.3, -0.25) is 0 Å². The predicted molar refractivity (Wildman–Crippen MR) is 435 cm³/mol. The Morgan fingerprint density at radius 2 is 0.490 bits per heavy atom. The summed E-state index contributed by atoms with van der Waals surface area (Å²) in [7, 11) is 0. The second-order valence-corrected chi connectivity index (χ2v) is 27.9. The molecule has 20 rings (SSSR count). The lowest BCUT2D eigenvalue weighted by Gasteiger charge is -2.28. The number of anilines is 6. The average Bonchev–Trinajstić information content (AvgIpc) is 1.50. The Kier molecular flexibility index (Phi) is 14.7. The molecule has 0 aliphatic heterocycles. The van der Waals surface area contributed by atoms with Gasteiger partial charge in [0.05, 0.1) is 11.4 Å². The number of hydrogen-bond donors (Lipinski definition) is 0. The van der Waals surface area contributed by atoms with E-state index in [1.54, 1.807) is 0 Å². The van der Waals surface area contributed by atoms with Crippen LogP contribution < -0.4 is 9.80 Å². The lowest BCUT2D eigenvalue weighted by atomic mass is 9.93. The van der Waals surface area contributed by atoms with E-state index >= 15 is 0 Å². The highest BCUT2D eigenvalue weighted by Gasteiger charge is 2.23. The van der Waals surface area contributed by atoms with Gasteiger partial charge in [-0.15, -0.1) is 22.7 Å². The first-order valence-electron chi connectivity index (χ1n) is 34.2. The second-order valence-electron chi connectivity index (χ2n) is 25.8. The molecule has 4 heteroatoms. The highest BCUT2D eigenvalue weighted by atomic mass is 32.1. The van der Waals surface area contributed by atoms with Crippen molar-refractivity contribution in [2.24, 2.45) is 0 Å². The van der Waals surface area contributed by atoms with Gasteiger partial charge in [-0.2, -0.15) is 0 Å². The number of nitrogens with zero attached hydrogens (tertiary/aromatic N) is 2. The summed E-state index contributed by atoms with van der Waals surface area (Å²) < 4.78 is 5.31. The van der Waals surface area contributed by atoms with Crippen molar-refractivity contribution in [3.63, 3.8) is 0 Å². The molecule has 0 fully saturated rings. The molecule has 20 aromatic rings. The molecule has 100 heavy (non-hydrogen) atoms. The molecular formula is C96H62N2S2. The zero-order chi connectivity index (χ0) is 66.0. The molecule has 0 saturated carbocycles. The number of thiophene rings is 2. The van der Waals surface area contributed by atoms with Gasteiger partial charge >= 0.3 is 0 Å². The molecule has 0 amide bonds. The van der Waals surface area contributed by atoms with Crippen LogP contribution in [0, 0.1) is 0 Å². The summed E-state index contributed by atoms with van der Waals surface area (Å²) in [6, 6.07) is 137. The fourth-order valence-corrected chi connectivity index (χ4v) is 17.7. The fraction of sp³-hybridized carbons (Fsp3) is 0. The maximum Gasteiger partial charge on any atom is 0.0547 e. The monoisotopic (exact) mass is 1310 g/mol. The van der Waals surface area contributed by atoms with Crippen molar-refractivity contribution in [3.8, 4) is 44.5 Å². The Balaban J connectivity index is 0.000000139. The Morgan fingerprint density at radius 3 is 0.980 bits per heavy atom. The van der Waals surface area contributed by atoms with Gasteiger partial charge in [0.25, 0.3) is 0 Å². The third-order valence-corrected chi connectivity index (χ3v) is 22.5. The van der Waals surface area contributed by atoms with Crippen LogP contribution in [0.1, 0.15) is 0 Å². The molecule has 0 unspecified atom stereocenters. The van der Waals surface area contributed by atoms with E-state index in [4.69, 9.17) is 0 Å². The van der Waals surface area contributed by atoms with Gasteiger partial charge in [0, 0.05) is 84.6 Å². The van der Waals surface area contributed by atoms with Crippen molar-refractivity contribution in [2.45, 2.75) is 0 Å². The Morgan fingerprint density at radius 1 is 0.170 bits per heavy atom. The fourth-order valence-electron chi connectivity index (χ4n) is 15.2. The van der Waals surface area contributed by atoms with E-state index in [1.165, 1.54) is 161 Å². The number of benzene rings is 18. The van der Waals surface area contributed by atoms with Crippen LogP contribution in [0.2, 0.25) is 0 Å². The molecule has 0 N–H and O–H groups in total. The van der Waals surface area contributed by atoms with Crippen molar-refractivity contribution in [1.82, 2.24) is 0 Å². The van der Waals surface area contributed by atoms with Gasteiger partial charge in [0.2, 0.25) is 0 Å². The van der Waals surface area contributed by atoms with Crippen molar-refractivity contribution in [2.75, 3.05) is 9.80 Å². The van der Waals surface area contributed by atoms with Crippen molar-refractivity contribution in [3.05, 3.63) is 376 Å². The molecular weight excluding hydrogens is 1250 g/mol. The molecule has 0 atom stereocenters. The minimum Gasteiger partial charge on any atom is -0.310 e. The third-order valence-electron chi connectivity index (χ3n) is 20.1. The molecule has 2 aromatic heterocycles. The molecule has 2 heterocycles. The first-order valence-corrected chi connectivity index (χ1v) is 35.8. The quantitative estimate of drug-likeness (QED) is 0.126. The summed E-state index contributed by atoms with van der Waals surface area (Å²) in [5, 5.41) is 20.5. The zero-order valence-corrected chi connectivity index (χ0v) is 56.1. The SMILES string of the molecule is c1ccc(-c2ccc(N(c3ccc(-c4cc5ccccc5c5ccccc45)cc3)c3cc4c5ccccc5sc4c4ccccc34)cc2)cc1.c1ccc(-c2ccc(N(c3ccc(-c4ccc5c(ccc6ccccc65)c4)cc3)c3cc4c5ccccc5sc4c4ccccc34)cc2)cc1. The van der Waals surface area contributed by atoms with Crippen LogP contribution in [-0.4, -0.2) is 0 Å². The minimum atomic E-state index is 1.12. The summed E-state index contributed by atoms with van der Waals surface area (Å²) in [6.07, 6.45) is 0. The first kappa shape index (κ1) is 58.9. The van der Waals surface area contributed by atoms with Gasteiger partial charge in [-0.05, 0) is 173 Å². The summed E-state index contributed by atoms with van der Waals surface area (Å²) in [5.41, 5.74) is 16.6. The standard InChI is InChI=1S/2C48H31NS/c1-2-12-32(13-3-1)33-22-26-36(27-23-33)49(46-31-45-42-19-10-11-21-47(42)50-48(45)43-20-9-8-18-41(43)46)37-28-24-34(25-29-37)44-30-35-14-4-5-15-38(35)39-16-6-7-17-40(39)44;1-2-10-32(11-3-1)33-20-25-38(26-21-33)49(46-31-45-43-15-8-9-17-47(43)50-48(45)44-16-7-6-14-42(44)46)39-27-22-34(23-28-39)36-24-29-41-37(30-36)19-18-35-12-4-5-13-40(35)41/h2*1-31H. The lowest BCUT2D eigenvalue weighted by Crippen LogP contribution is -2.10. The smallest absolute Gasteiger partial charge is 0.0547 e. The largest absolute Gasteiger partial charge is 0.310 e. The van der Waals surface area contributed by atoms with Gasteiger partial charge in [-0.1, -0.05) is 291 Å². The van der Waals surface area contributed by atoms with Crippen LogP contribution in [0.15, 0.2) is 376 Å². The third kappa shape index (κ3) is 10.4. The topological polar surface area (TPSA) is 6.48 Å². The van der Waals surface area contributed by atoms with Crippen LogP contribution in [0.3, 0.4) is 0 Å². The molecule has 0 bridgehead atoms. The van der Waals surface area contributed by atoms with Gasteiger partial charge in [0.15, 0.2) is 0 Å². The molecule has 0 aliphatic carbocycles. The number of rotatable bonds is 10. The highest BCUT2D eigenvalue weighted by molar-refractivity contribution is 7.27. The van der Waals surface area contributed by atoms with E-state index in [9.17, 15) is 0 Å². The Labute approximate surface area is 588 Å². The average molecular weight is 1310 g/mol. The van der Waals surface area contributed by atoms with E-state index in [1.807, 2.05) is 22.7 Å². The maximum absolute atomic E-state index is 2.44. The van der Waals surface area contributed by atoms with Gasteiger partial charge < -0.3 is 9.80 Å². The summed E-state index contributed by atoms with van der Waals surface area (Å²) in [6.45, 7) is 0. The second kappa shape index (κ2) is 24.9. The maximum atomic E-state index is 2.44. The highest BCUT2D eigenvalue weighted by Crippen LogP contribution is 2.50. The van der Waals surface area contributed by atoms with E-state index in [2.05, 4.69) is 386 Å². The van der Waals surface area contributed by atoms with Crippen molar-refractivity contribution < 1.29 is 0 Å². The summed E-state index contributed by atoms with van der Waals surface area (Å²) in [5.74, 6) is 0. The number of hydrogen-bond acceptors (Lipinski definition) is 4. The van der Waals surface area contributed by atoms with Crippen LogP contribution in [0.4, 0.5) is 34.1 Å². The summed E-state index contributed by atoms with van der Waals surface area (Å²) >= 11 is 3.77. The first-order chi connectivity index (χ1) is 49.6. The van der Waals surface area contributed by atoms with E-state index in [0.717, 1.165) is 22.7 Å². The van der Waals surface area contributed by atoms with Gasteiger partial charge in [-0.25, -0.2) is 0 Å². The summed E-state index contributed by atoms with van der Waals surface area (Å²) in [4.78, 5) is 4.87. The molecule has 18 aromatic carbocycles. The molecule has 2 nitrogen and oxygen atoms in total. The molecule has 0 radical (unpaired) electrons. The molecule has 0 spiro atoms. The Hall–Kier alpha value is -12.4. The van der Waals surface area contributed by atoms with Gasteiger partial charge in [0.1, 0.15) is 0 Å². The number of fused-ring (bicyclic) bond motifs is 16. The minimum absolute atomic E-state index is 1.12.